The molecule has 0 bridgehead atoms. The molecule has 114 valence electrons. The zero-order valence-corrected chi connectivity index (χ0v) is 12.0. The third kappa shape index (κ3) is 3.92. The van der Waals surface area contributed by atoms with Crippen molar-refractivity contribution < 1.29 is 22.7 Å². The summed E-state index contributed by atoms with van der Waals surface area (Å²) < 4.78 is 39.9. The third-order valence-corrected chi connectivity index (χ3v) is 4.11. The lowest BCUT2D eigenvalue weighted by atomic mass is 10.2. The molecule has 0 aromatic heterocycles. The van der Waals surface area contributed by atoms with E-state index in [1.165, 1.54) is 48.5 Å². The fourth-order valence-corrected chi connectivity index (χ4v) is 2.74. The van der Waals surface area contributed by atoms with Crippen LogP contribution < -0.4 is 4.72 Å². The summed E-state index contributed by atoms with van der Waals surface area (Å²) in [7, 11) is -3.91. The molecule has 0 saturated heterocycles. The molecule has 0 heterocycles. The summed E-state index contributed by atoms with van der Waals surface area (Å²) in [6.45, 7) is 0. The topological polar surface area (TPSA) is 83.5 Å². The van der Waals surface area contributed by atoms with Crippen LogP contribution >= 0.6 is 0 Å². The Morgan fingerprint density at radius 1 is 1.09 bits per heavy atom. The van der Waals surface area contributed by atoms with E-state index >= 15 is 0 Å². The Balaban J connectivity index is 2.23. The molecule has 22 heavy (non-hydrogen) atoms. The van der Waals surface area contributed by atoms with Crippen molar-refractivity contribution in [3.05, 3.63) is 66.0 Å². The number of nitrogens with one attached hydrogen (secondary N) is 1. The predicted octanol–water partition coefficient (Wildman–Crippen LogP) is 2.72. The fraction of sp³-hybridized carbons (Fsp3) is 0. The molecular formula is C15H12FNO4S. The zero-order valence-electron chi connectivity index (χ0n) is 11.2. The monoisotopic (exact) mass is 321 g/mol. The molecule has 2 aromatic rings. The Morgan fingerprint density at radius 3 is 2.32 bits per heavy atom. The highest BCUT2D eigenvalue weighted by atomic mass is 32.2. The van der Waals surface area contributed by atoms with Gasteiger partial charge < -0.3 is 5.11 Å². The van der Waals surface area contributed by atoms with Gasteiger partial charge in [0.25, 0.3) is 10.0 Å². The maximum atomic E-state index is 13.5. The Bertz CT molecular complexity index is 814. The first-order chi connectivity index (χ1) is 10.4. The van der Waals surface area contributed by atoms with Crippen LogP contribution in [0.25, 0.3) is 6.08 Å². The van der Waals surface area contributed by atoms with Gasteiger partial charge in [-0.15, -0.1) is 0 Å². The number of benzene rings is 2. The fourth-order valence-electron chi connectivity index (χ4n) is 1.67. The van der Waals surface area contributed by atoms with Gasteiger partial charge in [-0.25, -0.2) is 17.6 Å². The minimum atomic E-state index is -3.91. The second-order valence-electron chi connectivity index (χ2n) is 4.33. The second-order valence-corrected chi connectivity index (χ2v) is 6.01. The molecule has 7 heteroatoms. The van der Waals surface area contributed by atoms with E-state index in [4.69, 9.17) is 5.11 Å². The number of hydrogen-bond donors (Lipinski definition) is 2. The van der Waals surface area contributed by atoms with E-state index in [0.717, 1.165) is 12.1 Å². The second kappa shape index (κ2) is 6.40. The average Bonchev–Trinajstić information content (AvgIpc) is 2.48. The summed E-state index contributed by atoms with van der Waals surface area (Å²) >= 11 is 0. The van der Waals surface area contributed by atoms with Crippen LogP contribution in [0.1, 0.15) is 5.56 Å². The van der Waals surface area contributed by atoms with E-state index < -0.39 is 21.8 Å². The van der Waals surface area contributed by atoms with E-state index in [-0.39, 0.29) is 10.6 Å². The minimum Gasteiger partial charge on any atom is -0.478 e. The molecule has 0 amide bonds. The van der Waals surface area contributed by atoms with E-state index in [2.05, 4.69) is 4.72 Å². The van der Waals surface area contributed by atoms with Crippen LogP contribution in [0.5, 0.6) is 0 Å². The van der Waals surface area contributed by atoms with Crippen LogP contribution in [0.4, 0.5) is 10.1 Å². The Hall–Kier alpha value is -2.67. The molecule has 0 radical (unpaired) electrons. The number of halogens is 1. The van der Waals surface area contributed by atoms with Gasteiger partial charge in [-0.2, -0.15) is 0 Å². The van der Waals surface area contributed by atoms with Gasteiger partial charge in [0.05, 0.1) is 10.6 Å². The van der Waals surface area contributed by atoms with E-state index in [1.54, 1.807) is 0 Å². The first-order valence-electron chi connectivity index (χ1n) is 6.17. The smallest absolute Gasteiger partial charge is 0.328 e. The minimum absolute atomic E-state index is 0.0526. The zero-order chi connectivity index (χ0) is 16.2. The summed E-state index contributed by atoms with van der Waals surface area (Å²) in [5.74, 6) is -1.77. The van der Waals surface area contributed by atoms with Gasteiger partial charge in [0.15, 0.2) is 0 Å². The molecule has 0 saturated carbocycles. The molecular weight excluding hydrogens is 309 g/mol. The largest absolute Gasteiger partial charge is 0.478 e. The van der Waals surface area contributed by atoms with Crippen LogP contribution in [0.15, 0.2) is 59.5 Å². The van der Waals surface area contributed by atoms with Crippen LogP contribution in [0.3, 0.4) is 0 Å². The standard InChI is InChI=1S/C15H12FNO4S/c16-13-3-1-2-4-14(13)17-22(20,21)12-8-5-11(6-9-12)7-10-15(18)19/h1-10,17H,(H,18,19)/b10-7+. The molecule has 0 aliphatic heterocycles. The maximum Gasteiger partial charge on any atom is 0.328 e. The molecule has 0 unspecified atom stereocenters. The summed E-state index contributed by atoms with van der Waals surface area (Å²) in [4.78, 5) is 10.4. The average molecular weight is 321 g/mol. The highest BCUT2D eigenvalue weighted by Crippen LogP contribution is 2.19. The van der Waals surface area contributed by atoms with Crippen molar-refractivity contribution in [2.75, 3.05) is 4.72 Å². The van der Waals surface area contributed by atoms with Gasteiger partial charge in [0, 0.05) is 6.08 Å². The molecule has 0 atom stereocenters. The van der Waals surface area contributed by atoms with Crippen molar-refractivity contribution in [1.82, 2.24) is 0 Å². The highest BCUT2D eigenvalue weighted by molar-refractivity contribution is 7.92. The van der Waals surface area contributed by atoms with Crippen molar-refractivity contribution in [2.24, 2.45) is 0 Å². The molecule has 0 fully saturated rings. The summed E-state index contributed by atoms with van der Waals surface area (Å²) in [5.41, 5.74) is 0.393. The van der Waals surface area contributed by atoms with Crippen molar-refractivity contribution in [1.29, 1.82) is 0 Å². The Labute approximate surface area is 126 Å². The number of hydrogen-bond acceptors (Lipinski definition) is 3. The quantitative estimate of drug-likeness (QED) is 0.829. The van der Waals surface area contributed by atoms with E-state index in [9.17, 15) is 17.6 Å². The number of aliphatic carboxylic acids is 1. The van der Waals surface area contributed by atoms with Gasteiger partial charge in [0.1, 0.15) is 5.82 Å². The van der Waals surface area contributed by atoms with Crippen LogP contribution in [0.2, 0.25) is 0 Å². The van der Waals surface area contributed by atoms with Crippen LogP contribution in [0, 0.1) is 5.82 Å². The van der Waals surface area contributed by atoms with Gasteiger partial charge >= 0.3 is 5.97 Å². The van der Waals surface area contributed by atoms with Gasteiger partial charge in [-0.05, 0) is 35.9 Å². The molecule has 2 aromatic carbocycles. The number of anilines is 1. The van der Waals surface area contributed by atoms with Crippen molar-refractivity contribution >= 4 is 27.8 Å². The lowest BCUT2D eigenvalue weighted by Crippen LogP contribution is -2.13. The molecule has 2 rings (SSSR count). The molecule has 0 aliphatic carbocycles. The third-order valence-electron chi connectivity index (χ3n) is 2.73. The van der Waals surface area contributed by atoms with Crippen LogP contribution in [-0.4, -0.2) is 19.5 Å². The van der Waals surface area contributed by atoms with Crippen molar-refractivity contribution in [2.45, 2.75) is 4.90 Å². The van der Waals surface area contributed by atoms with Gasteiger partial charge in [-0.1, -0.05) is 24.3 Å². The molecule has 2 N–H and O–H groups in total. The van der Waals surface area contributed by atoms with Crippen LogP contribution in [-0.2, 0) is 14.8 Å². The normalized spacial score (nSPS) is 11.5. The molecule has 0 spiro atoms. The highest BCUT2D eigenvalue weighted by Gasteiger charge is 2.15. The number of rotatable bonds is 5. The number of carboxylic acid groups (broad SMARTS) is 1. The number of sulfonamides is 1. The van der Waals surface area contributed by atoms with E-state index in [1.807, 2.05) is 0 Å². The predicted molar refractivity (Wildman–Crippen MR) is 80.3 cm³/mol. The van der Waals surface area contributed by atoms with E-state index in [0.29, 0.717) is 5.56 Å². The number of para-hydroxylation sites is 1. The first kappa shape index (κ1) is 15.7. The summed E-state index contributed by atoms with van der Waals surface area (Å²) in [5, 5.41) is 8.52. The maximum absolute atomic E-state index is 13.5. The number of carboxylic acids is 1. The SMILES string of the molecule is O=C(O)/C=C/c1ccc(S(=O)(=O)Nc2ccccc2F)cc1. The Kier molecular flexibility index (Phi) is 4.57. The van der Waals surface area contributed by atoms with Gasteiger partial charge in [-0.3, -0.25) is 4.72 Å². The lowest BCUT2D eigenvalue weighted by molar-refractivity contribution is -0.131. The lowest BCUT2D eigenvalue weighted by Gasteiger charge is -2.09. The van der Waals surface area contributed by atoms with Gasteiger partial charge in [0.2, 0.25) is 0 Å². The summed E-state index contributed by atoms with van der Waals surface area (Å²) in [6, 6.07) is 11.0. The molecule has 5 nitrogen and oxygen atoms in total. The first-order valence-corrected chi connectivity index (χ1v) is 7.65. The van der Waals surface area contributed by atoms with Crippen molar-refractivity contribution in [3.8, 4) is 0 Å². The Morgan fingerprint density at radius 2 is 1.73 bits per heavy atom. The summed E-state index contributed by atoms with van der Waals surface area (Å²) in [6.07, 6.45) is 2.28. The number of carbonyl (C=O) groups is 1. The van der Waals surface area contributed by atoms with Crippen molar-refractivity contribution in [3.63, 3.8) is 0 Å². The molecule has 0 aliphatic rings.